The van der Waals surface area contributed by atoms with Crippen molar-refractivity contribution in [3.8, 4) is 17.1 Å². The van der Waals surface area contributed by atoms with E-state index < -0.39 is 25.0 Å². The summed E-state index contributed by atoms with van der Waals surface area (Å²) in [7, 11) is 0. The van der Waals surface area contributed by atoms with Crippen LogP contribution in [0, 0.1) is 5.82 Å². The Morgan fingerprint density at radius 2 is 1.76 bits per heavy atom. The molecule has 0 fully saturated rings. The molecule has 0 atom stereocenters. The Bertz CT molecular complexity index is 1310. The second-order valence-corrected chi connectivity index (χ2v) is 6.78. The number of pyridine rings is 1. The number of para-hydroxylation sites is 1. The van der Waals surface area contributed by atoms with E-state index in [0.717, 1.165) is 0 Å². The molecule has 2 aromatic carbocycles. The largest absolute Gasteiger partial charge is 0.434 e. The second-order valence-electron chi connectivity index (χ2n) is 6.78. The molecular formula is C22H16F3N5O3. The van der Waals surface area contributed by atoms with Gasteiger partial charge in [-0.1, -0.05) is 12.1 Å². The number of nitrogens with one attached hydrogen (secondary N) is 2. The lowest BCUT2D eigenvalue weighted by Crippen LogP contribution is -2.33. The van der Waals surface area contributed by atoms with Crippen molar-refractivity contribution < 1.29 is 27.5 Å². The number of hydrogen-bond donors (Lipinski definition) is 2. The number of halogens is 3. The van der Waals surface area contributed by atoms with Crippen LogP contribution in [0.15, 0.2) is 66.9 Å². The lowest BCUT2D eigenvalue weighted by molar-refractivity contribution is -0.115. The van der Waals surface area contributed by atoms with Crippen LogP contribution in [0.1, 0.15) is 10.4 Å². The summed E-state index contributed by atoms with van der Waals surface area (Å²) in [5, 5.41) is 13.1. The number of rotatable bonds is 7. The Balaban J connectivity index is 1.44. The maximum atomic E-state index is 13.2. The summed E-state index contributed by atoms with van der Waals surface area (Å²) in [5.41, 5.74) is 1.41. The minimum Gasteiger partial charge on any atom is -0.434 e. The van der Waals surface area contributed by atoms with Crippen molar-refractivity contribution in [3.05, 3.63) is 78.2 Å². The number of hydrogen-bond acceptors (Lipinski definition) is 5. The zero-order valence-electron chi connectivity index (χ0n) is 16.8. The molecule has 0 unspecified atom stereocenters. The quantitative estimate of drug-likeness (QED) is 0.445. The molecule has 2 heterocycles. The van der Waals surface area contributed by atoms with Crippen molar-refractivity contribution in [2.24, 2.45) is 0 Å². The summed E-state index contributed by atoms with van der Waals surface area (Å²) in [6.07, 6.45) is 1.58. The maximum Gasteiger partial charge on any atom is 0.387 e. The topological polar surface area (TPSA) is 97.6 Å². The Hall–Kier alpha value is -4.41. The van der Waals surface area contributed by atoms with Crippen molar-refractivity contribution in [3.63, 3.8) is 0 Å². The standard InChI is InChI=1S/C22H16F3N5O3/c23-14-7-5-13(6-8-14)20-29-28-18-10-9-15(12-30(18)20)27-19(31)11-26-21(32)16-3-1-2-4-17(16)33-22(24)25/h1-10,12,22H,11H2,(H,26,32)(H,27,31). The highest BCUT2D eigenvalue weighted by Crippen LogP contribution is 2.21. The average molecular weight is 455 g/mol. The zero-order chi connectivity index (χ0) is 23.4. The highest BCUT2D eigenvalue weighted by atomic mass is 19.3. The molecule has 0 saturated heterocycles. The fourth-order valence-electron chi connectivity index (χ4n) is 3.07. The molecule has 2 aromatic heterocycles. The predicted octanol–water partition coefficient (Wildman–Crippen LogP) is 3.51. The van der Waals surface area contributed by atoms with Gasteiger partial charge in [0.1, 0.15) is 11.6 Å². The fourth-order valence-corrected chi connectivity index (χ4v) is 3.07. The summed E-state index contributed by atoms with van der Waals surface area (Å²) in [6, 6.07) is 14.4. The zero-order valence-corrected chi connectivity index (χ0v) is 16.8. The number of amides is 2. The first kappa shape index (κ1) is 21.8. The van der Waals surface area contributed by atoms with Crippen LogP contribution in [-0.2, 0) is 4.79 Å². The van der Waals surface area contributed by atoms with E-state index in [1.165, 1.54) is 36.4 Å². The Morgan fingerprint density at radius 1 is 1.00 bits per heavy atom. The van der Waals surface area contributed by atoms with E-state index in [-0.39, 0.29) is 17.1 Å². The highest BCUT2D eigenvalue weighted by Gasteiger charge is 2.16. The van der Waals surface area contributed by atoms with Crippen LogP contribution in [0.25, 0.3) is 17.0 Å². The molecule has 168 valence electrons. The van der Waals surface area contributed by atoms with Crippen molar-refractivity contribution in [2.75, 3.05) is 11.9 Å². The van der Waals surface area contributed by atoms with Crippen molar-refractivity contribution in [1.29, 1.82) is 0 Å². The van der Waals surface area contributed by atoms with Gasteiger partial charge in [-0.2, -0.15) is 8.78 Å². The summed E-state index contributed by atoms with van der Waals surface area (Å²) in [5.74, 6) is -1.52. The third-order valence-corrected chi connectivity index (χ3v) is 4.55. The molecule has 4 rings (SSSR count). The van der Waals surface area contributed by atoms with Gasteiger partial charge in [-0.3, -0.25) is 14.0 Å². The third kappa shape index (κ3) is 5.09. The molecule has 0 aliphatic rings. The van der Waals surface area contributed by atoms with Gasteiger partial charge >= 0.3 is 6.61 Å². The van der Waals surface area contributed by atoms with Crippen molar-refractivity contribution in [2.45, 2.75) is 6.61 Å². The summed E-state index contributed by atoms with van der Waals surface area (Å²) < 4.78 is 44.2. The van der Waals surface area contributed by atoms with Crippen LogP contribution in [-0.4, -0.2) is 39.6 Å². The van der Waals surface area contributed by atoms with Gasteiger partial charge in [0.05, 0.1) is 17.8 Å². The number of aromatic nitrogens is 3. The van der Waals surface area contributed by atoms with Gasteiger partial charge in [-0.25, -0.2) is 4.39 Å². The molecular weight excluding hydrogens is 439 g/mol. The monoisotopic (exact) mass is 455 g/mol. The van der Waals surface area contributed by atoms with Crippen molar-refractivity contribution in [1.82, 2.24) is 19.9 Å². The van der Waals surface area contributed by atoms with Crippen LogP contribution >= 0.6 is 0 Å². The van der Waals surface area contributed by atoms with Gasteiger partial charge < -0.3 is 15.4 Å². The number of carbonyl (C=O) groups is 2. The minimum atomic E-state index is -3.09. The fraction of sp³-hybridized carbons (Fsp3) is 0.0909. The van der Waals surface area contributed by atoms with E-state index >= 15 is 0 Å². The molecule has 2 amide bonds. The number of nitrogens with zero attached hydrogens (tertiary/aromatic N) is 3. The SMILES string of the molecule is O=C(CNC(=O)c1ccccc1OC(F)F)Nc1ccc2nnc(-c3ccc(F)cc3)n2c1. The summed E-state index contributed by atoms with van der Waals surface area (Å²) in [6.45, 7) is -3.50. The molecule has 33 heavy (non-hydrogen) atoms. The first-order chi connectivity index (χ1) is 15.9. The molecule has 0 aliphatic carbocycles. The van der Waals surface area contributed by atoms with E-state index in [4.69, 9.17) is 0 Å². The van der Waals surface area contributed by atoms with Crippen molar-refractivity contribution >= 4 is 23.1 Å². The number of fused-ring (bicyclic) bond motifs is 1. The molecule has 11 heteroatoms. The number of anilines is 1. The van der Waals surface area contributed by atoms with E-state index in [2.05, 4.69) is 25.6 Å². The first-order valence-corrected chi connectivity index (χ1v) is 9.63. The smallest absolute Gasteiger partial charge is 0.387 e. The van der Waals surface area contributed by atoms with E-state index in [0.29, 0.717) is 22.7 Å². The lowest BCUT2D eigenvalue weighted by atomic mass is 10.2. The molecule has 4 aromatic rings. The van der Waals surface area contributed by atoms with Crippen LogP contribution < -0.4 is 15.4 Å². The van der Waals surface area contributed by atoms with Gasteiger partial charge in [0.15, 0.2) is 11.5 Å². The second kappa shape index (κ2) is 9.39. The van der Waals surface area contributed by atoms with Gasteiger partial charge in [-0.05, 0) is 48.5 Å². The van der Waals surface area contributed by atoms with Crippen LogP contribution in [0.5, 0.6) is 5.75 Å². The Kier molecular flexibility index (Phi) is 6.20. The van der Waals surface area contributed by atoms with E-state index in [9.17, 15) is 22.8 Å². The first-order valence-electron chi connectivity index (χ1n) is 9.63. The minimum absolute atomic E-state index is 0.125. The number of benzene rings is 2. The summed E-state index contributed by atoms with van der Waals surface area (Å²) >= 11 is 0. The normalized spacial score (nSPS) is 10.9. The van der Waals surface area contributed by atoms with Gasteiger partial charge in [0, 0.05) is 11.8 Å². The number of alkyl halides is 2. The molecule has 0 spiro atoms. The van der Waals surface area contributed by atoms with Crippen LogP contribution in [0.4, 0.5) is 18.9 Å². The Morgan fingerprint density at radius 3 is 2.52 bits per heavy atom. The van der Waals surface area contributed by atoms with Gasteiger partial charge in [0.2, 0.25) is 5.91 Å². The number of carbonyl (C=O) groups excluding carboxylic acids is 2. The molecule has 0 bridgehead atoms. The maximum absolute atomic E-state index is 13.2. The average Bonchev–Trinajstić information content (AvgIpc) is 3.21. The van der Waals surface area contributed by atoms with Gasteiger partial charge in [-0.15, -0.1) is 10.2 Å². The van der Waals surface area contributed by atoms with Gasteiger partial charge in [0.25, 0.3) is 5.91 Å². The lowest BCUT2D eigenvalue weighted by Gasteiger charge is -2.11. The molecule has 0 aliphatic heterocycles. The number of ether oxygens (including phenoxy) is 1. The molecule has 2 N–H and O–H groups in total. The van der Waals surface area contributed by atoms with Crippen LogP contribution in [0.3, 0.4) is 0 Å². The third-order valence-electron chi connectivity index (χ3n) is 4.55. The predicted molar refractivity (Wildman–Crippen MR) is 112 cm³/mol. The Labute approximate surface area is 185 Å². The highest BCUT2D eigenvalue weighted by molar-refractivity contribution is 6.00. The summed E-state index contributed by atoms with van der Waals surface area (Å²) in [4.78, 5) is 24.6. The van der Waals surface area contributed by atoms with E-state index in [1.807, 2.05) is 0 Å². The molecule has 0 saturated carbocycles. The van der Waals surface area contributed by atoms with Crippen LogP contribution in [0.2, 0.25) is 0 Å². The molecule has 8 nitrogen and oxygen atoms in total. The van der Waals surface area contributed by atoms with E-state index in [1.54, 1.807) is 34.9 Å². The molecule has 0 radical (unpaired) electrons.